The standard InChI is InChI=1S/C22H22N4O/c1-26(16-18-8-6-17(13-23)7-9-18)11-10-25-22(27)12-20-15-24-14-19-4-2-3-5-21(19)20/h2-9,14-15H,10-12,16H2,1H3,(H,25,27). The second kappa shape index (κ2) is 8.93. The van der Waals surface area contributed by atoms with Gasteiger partial charge in [-0.2, -0.15) is 5.26 Å². The number of carbonyl (C=O) groups is 1. The summed E-state index contributed by atoms with van der Waals surface area (Å²) in [6.07, 6.45) is 3.90. The van der Waals surface area contributed by atoms with Crippen LogP contribution in [-0.4, -0.2) is 35.9 Å². The van der Waals surface area contributed by atoms with Crippen molar-refractivity contribution < 1.29 is 4.79 Å². The van der Waals surface area contributed by atoms with E-state index in [9.17, 15) is 4.79 Å². The van der Waals surface area contributed by atoms with Crippen LogP contribution in [0.4, 0.5) is 0 Å². The Bertz CT molecular complexity index is 955. The summed E-state index contributed by atoms with van der Waals surface area (Å²) in [7, 11) is 2.01. The highest BCUT2D eigenvalue weighted by molar-refractivity contribution is 5.89. The number of aromatic nitrogens is 1. The quantitative estimate of drug-likeness (QED) is 0.705. The second-order valence-electron chi connectivity index (χ2n) is 6.59. The number of carbonyl (C=O) groups excluding carboxylic acids is 1. The molecule has 0 aliphatic carbocycles. The van der Waals surface area contributed by atoms with Crippen molar-refractivity contribution in [1.29, 1.82) is 5.26 Å². The molecule has 27 heavy (non-hydrogen) atoms. The zero-order chi connectivity index (χ0) is 19.1. The van der Waals surface area contributed by atoms with Gasteiger partial charge in [0.15, 0.2) is 0 Å². The summed E-state index contributed by atoms with van der Waals surface area (Å²) >= 11 is 0. The van der Waals surface area contributed by atoms with Crippen molar-refractivity contribution >= 4 is 16.7 Å². The van der Waals surface area contributed by atoms with Gasteiger partial charge >= 0.3 is 0 Å². The molecule has 3 aromatic rings. The van der Waals surface area contributed by atoms with Gasteiger partial charge < -0.3 is 10.2 Å². The summed E-state index contributed by atoms with van der Waals surface area (Å²) < 4.78 is 0. The zero-order valence-electron chi connectivity index (χ0n) is 15.4. The monoisotopic (exact) mass is 358 g/mol. The minimum Gasteiger partial charge on any atom is -0.355 e. The Kier molecular flexibility index (Phi) is 6.14. The number of likely N-dealkylation sites (N-methyl/N-ethyl adjacent to an activating group) is 1. The maximum Gasteiger partial charge on any atom is 0.224 e. The van der Waals surface area contributed by atoms with Crippen LogP contribution in [0.1, 0.15) is 16.7 Å². The minimum absolute atomic E-state index is 0.0000684. The van der Waals surface area contributed by atoms with E-state index in [0.717, 1.165) is 35.0 Å². The van der Waals surface area contributed by atoms with Crippen molar-refractivity contribution in [2.45, 2.75) is 13.0 Å². The first-order chi connectivity index (χ1) is 13.2. The van der Waals surface area contributed by atoms with E-state index < -0.39 is 0 Å². The lowest BCUT2D eigenvalue weighted by Crippen LogP contribution is -2.33. The molecule has 0 fully saturated rings. The van der Waals surface area contributed by atoms with Crippen molar-refractivity contribution in [3.63, 3.8) is 0 Å². The molecule has 0 saturated heterocycles. The van der Waals surface area contributed by atoms with E-state index >= 15 is 0 Å². The molecule has 2 aromatic carbocycles. The van der Waals surface area contributed by atoms with Gasteiger partial charge in [-0.25, -0.2) is 0 Å². The van der Waals surface area contributed by atoms with Crippen LogP contribution in [0.5, 0.6) is 0 Å². The van der Waals surface area contributed by atoms with Crippen LogP contribution in [0.15, 0.2) is 60.9 Å². The number of nitrogens with one attached hydrogen (secondary N) is 1. The third-order valence-electron chi connectivity index (χ3n) is 4.45. The number of benzene rings is 2. The minimum atomic E-state index is -0.0000684. The van der Waals surface area contributed by atoms with E-state index in [1.807, 2.05) is 61.8 Å². The second-order valence-corrected chi connectivity index (χ2v) is 6.59. The average Bonchev–Trinajstić information content (AvgIpc) is 2.69. The normalized spacial score (nSPS) is 10.7. The number of amides is 1. The lowest BCUT2D eigenvalue weighted by Gasteiger charge is -2.17. The Morgan fingerprint density at radius 2 is 1.93 bits per heavy atom. The first-order valence-corrected chi connectivity index (χ1v) is 8.91. The molecule has 136 valence electrons. The van der Waals surface area contributed by atoms with Crippen molar-refractivity contribution in [3.05, 3.63) is 77.6 Å². The fraction of sp³-hybridized carbons (Fsp3) is 0.227. The molecule has 0 aliphatic heterocycles. The van der Waals surface area contributed by atoms with Gasteiger partial charge in [-0.05, 0) is 35.7 Å². The molecule has 1 amide bonds. The molecular weight excluding hydrogens is 336 g/mol. The summed E-state index contributed by atoms with van der Waals surface area (Å²) in [5.74, 6) is -0.0000684. The van der Waals surface area contributed by atoms with Gasteiger partial charge in [0.2, 0.25) is 5.91 Å². The van der Waals surface area contributed by atoms with E-state index in [0.29, 0.717) is 18.5 Å². The van der Waals surface area contributed by atoms with Crippen LogP contribution in [0.2, 0.25) is 0 Å². The third-order valence-corrected chi connectivity index (χ3v) is 4.45. The van der Waals surface area contributed by atoms with Crippen molar-refractivity contribution in [2.24, 2.45) is 0 Å². The van der Waals surface area contributed by atoms with Crippen LogP contribution in [0.25, 0.3) is 10.8 Å². The summed E-state index contributed by atoms with van der Waals surface area (Å²) in [6, 6.07) is 17.6. The van der Waals surface area contributed by atoms with Gasteiger partial charge in [0.1, 0.15) is 0 Å². The molecule has 0 saturated carbocycles. The molecule has 5 heteroatoms. The first-order valence-electron chi connectivity index (χ1n) is 8.91. The van der Waals surface area contributed by atoms with Gasteiger partial charge in [0.05, 0.1) is 18.1 Å². The highest BCUT2D eigenvalue weighted by atomic mass is 16.1. The summed E-state index contributed by atoms with van der Waals surface area (Å²) in [5, 5.41) is 13.9. The number of nitriles is 1. The average molecular weight is 358 g/mol. The Morgan fingerprint density at radius 3 is 2.70 bits per heavy atom. The van der Waals surface area contributed by atoms with Crippen LogP contribution < -0.4 is 5.32 Å². The number of fused-ring (bicyclic) bond motifs is 1. The highest BCUT2D eigenvalue weighted by Crippen LogP contribution is 2.17. The molecule has 0 spiro atoms. The predicted molar refractivity (Wildman–Crippen MR) is 106 cm³/mol. The first kappa shape index (κ1) is 18.6. The number of nitrogens with zero attached hydrogens (tertiary/aromatic N) is 3. The molecule has 0 radical (unpaired) electrons. The summed E-state index contributed by atoms with van der Waals surface area (Å²) in [4.78, 5) is 18.6. The number of rotatable bonds is 7. The van der Waals surface area contributed by atoms with Gasteiger partial charge in [-0.3, -0.25) is 9.78 Å². The van der Waals surface area contributed by atoms with E-state index in [4.69, 9.17) is 5.26 Å². The molecule has 3 rings (SSSR count). The van der Waals surface area contributed by atoms with Crippen molar-refractivity contribution in [2.75, 3.05) is 20.1 Å². The Hall–Kier alpha value is -3.23. The van der Waals surface area contributed by atoms with Crippen molar-refractivity contribution in [1.82, 2.24) is 15.2 Å². The maximum absolute atomic E-state index is 12.3. The van der Waals surface area contributed by atoms with Gasteiger partial charge in [-0.1, -0.05) is 36.4 Å². The molecule has 0 aliphatic rings. The fourth-order valence-corrected chi connectivity index (χ4v) is 3.02. The Labute approximate surface area is 159 Å². The largest absolute Gasteiger partial charge is 0.355 e. The van der Waals surface area contributed by atoms with Gasteiger partial charge in [0.25, 0.3) is 0 Å². The smallest absolute Gasteiger partial charge is 0.224 e. The molecule has 1 heterocycles. The predicted octanol–water partition coefficient (Wildman–Crippen LogP) is 2.90. The molecule has 0 atom stereocenters. The van der Waals surface area contributed by atoms with Crippen LogP contribution in [-0.2, 0) is 17.8 Å². The summed E-state index contributed by atoms with van der Waals surface area (Å²) in [5.41, 5.74) is 2.75. The third kappa shape index (κ3) is 5.13. The van der Waals surface area contributed by atoms with Crippen molar-refractivity contribution in [3.8, 4) is 6.07 Å². The molecule has 0 bridgehead atoms. The molecule has 0 unspecified atom stereocenters. The highest BCUT2D eigenvalue weighted by Gasteiger charge is 2.08. The number of hydrogen-bond donors (Lipinski definition) is 1. The van der Waals surface area contributed by atoms with E-state index in [1.165, 1.54) is 0 Å². The van der Waals surface area contributed by atoms with E-state index in [1.54, 1.807) is 6.20 Å². The van der Waals surface area contributed by atoms with Crippen LogP contribution in [0, 0.1) is 11.3 Å². The van der Waals surface area contributed by atoms with E-state index in [-0.39, 0.29) is 5.91 Å². The maximum atomic E-state index is 12.3. The topological polar surface area (TPSA) is 69.0 Å². The van der Waals surface area contributed by atoms with Crippen LogP contribution >= 0.6 is 0 Å². The lowest BCUT2D eigenvalue weighted by molar-refractivity contribution is -0.120. The molecular formula is C22H22N4O. The Balaban J connectivity index is 1.47. The molecule has 1 aromatic heterocycles. The summed E-state index contributed by atoms with van der Waals surface area (Å²) in [6.45, 7) is 2.11. The zero-order valence-corrected chi connectivity index (χ0v) is 15.4. The SMILES string of the molecule is CN(CCNC(=O)Cc1cncc2ccccc12)Cc1ccc(C#N)cc1. The molecule has 5 nitrogen and oxygen atoms in total. The van der Waals surface area contributed by atoms with E-state index in [2.05, 4.69) is 21.3 Å². The Morgan fingerprint density at radius 1 is 1.15 bits per heavy atom. The molecule has 1 N–H and O–H groups in total. The van der Waals surface area contributed by atoms with Crippen LogP contribution in [0.3, 0.4) is 0 Å². The number of hydrogen-bond acceptors (Lipinski definition) is 4. The fourth-order valence-electron chi connectivity index (χ4n) is 3.02. The lowest BCUT2D eigenvalue weighted by atomic mass is 10.1. The van der Waals surface area contributed by atoms with Gasteiger partial charge in [-0.15, -0.1) is 0 Å². The van der Waals surface area contributed by atoms with Gasteiger partial charge in [0, 0.05) is 37.4 Å². The number of pyridine rings is 1.